The molecular formula is C13H20N2OS. The lowest BCUT2D eigenvalue weighted by Gasteiger charge is -2.13. The van der Waals surface area contributed by atoms with Crippen molar-refractivity contribution in [2.45, 2.75) is 26.3 Å². The van der Waals surface area contributed by atoms with Gasteiger partial charge < -0.3 is 11.1 Å². The van der Waals surface area contributed by atoms with E-state index in [2.05, 4.69) is 12.2 Å². The zero-order chi connectivity index (χ0) is 12.7. The fourth-order valence-electron chi connectivity index (χ4n) is 1.48. The molecule has 1 atom stereocenters. The number of anilines is 1. The van der Waals surface area contributed by atoms with Crippen molar-refractivity contribution in [3.63, 3.8) is 0 Å². The second kappa shape index (κ2) is 7.22. The molecule has 1 rings (SSSR count). The number of carbonyl (C=O) groups excluding carboxylic acids is 1. The summed E-state index contributed by atoms with van der Waals surface area (Å²) in [6.45, 7) is 4.15. The van der Waals surface area contributed by atoms with Gasteiger partial charge in [-0.25, -0.2) is 0 Å². The van der Waals surface area contributed by atoms with Crippen LogP contribution in [0.25, 0.3) is 0 Å². The summed E-state index contributed by atoms with van der Waals surface area (Å²) < 4.78 is 0. The van der Waals surface area contributed by atoms with E-state index in [0.29, 0.717) is 6.42 Å². The molecular weight excluding hydrogens is 232 g/mol. The van der Waals surface area contributed by atoms with Gasteiger partial charge in [0.25, 0.3) is 0 Å². The van der Waals surface area contributed by atoms with Crippen molar-refractivity contribution in [3.8, 4) is 0 Å². The minimum atomic E-state index is 0.0685. The Balaban J connectivity index is 2.36. The van der Waals surface area contributed by atoms with Crippen molar-refractivity contribution < 1.29 is 4.79 Å². The number of nitrogens with one attached hydrogen (secondary N) is 1. The lowest BCUT2D eigenvalue weighted by molar-refractivity contribution is -0.120. The van der Waals surface area contributed by atoms with Crippen molar-refractivity contribution in [1.29, 1.82) is 0 Å². The van der Waals surface area contributed by atoms with E-state index in [1.54, 1.807) is 0 Å². The lowest BCUT2D eigenvalue weighted by Crippen LogP contribution is -2.35. The average Bonchev–Trinajstić information content (AvgIpc) is 2.29. The van der Waals surface area contributed by atoms with Gasteiger partial charge in [-0.15, -0.1) is 0 Å². The molecule has 1 aromatic carbocycles. The summed E-state index contributed by atoms with van der Waals surface area (Å²) in [6.07, 6.45) is 0.418. The Morgan fingerprint density at radius 3 is 2.65 bits per heavy atom. The number of benzene rings is 1. The van der Waals surface area contributed by atoms with Gasteiger partial charge in [0.1, 0.15) is 0 Å². The molecule has 0 aromatic heterocycles. The SMILES string of the molecule is CCSCC(C)NC(=O)Cc1ccc(N)cc1. The standard InChI is InChI=1S/C13H20N2OS/c1-3-17-9-10(2)15-13(16)8-11-4-6-12(14)7-5-11/h4-7,10H,3,8-9,14H2,1-2H3,(H,15,16). The first-order valence-corrected chi connectivity index (χ1v) is 6.98. The largest absolute Gasteiger partial charge is 0.399 e. The zero-order valence-electron chi connectivity index (χ0n) is 10.4. The molecule has 0 bridgehead atoms. The first-order chi connectivity index (χ1) is 8.11. The van der Waals surface area contributed by atoms with Crippen LogP contribution in [0.5, 0.6) is 0 Å². The maximum absolute atomic E-state index is 11.7. The fraction of sp³-hybridized carbons (Fsp3) is 0.462. The van der Waals surface area contributed by atoms with Crippen LogP contribution in [-0.4, -0.2) is 23.5 Å². The summed E-state index contributed by atoms with van der Waals surface area (Å²) in [6, 6.07) is 7.64. The normalized spacial score (nSPS) is 12.1. The van der Waals surface area contributed by atoms with E-state index in [-0.39, 0.29) is 11.9 Å². The van der Waals surface area contributed by atoms with Crippen LogP contribution in [0, 0.1) is 0 Å². The van der Waals surface area contributed by atoms with Gasteiger partial charge in [0.15, 0.2) is 0 Å². The third kappa shape index (κ3) is 5.63. The van der Waals surface area contributed by atoms with Crippen LogP contribution >= 0.6 is 11.8 Å². The molecule has 0 heterocycles. The maximum atomic E-state index is 11.7. The van der Waals surface area contributed by atoms with Crippen LogP contribution in [0.2, 0.25) is 0 Å². The highest BCUT2D eigenvalue weighted by Gasteiger charge is 2.07. The molecule has 3 N–H and O–H groups in total. The lowest BCUT2D eigenvalue weighted by atomic mass is 10.1. The van der Waals surface area contributed by atoms with Crippen molar-refractivity contribution in [3.05, 3.63) is 29.8 Å². The van der Waals surface area contributed by atoms with Gasteiger partial charge in [-0.2, -0.15) is 11.8 Å². The number of hydrogen-bond acceptors (Lipinski definition) is 3. The molecule has 0 saturated carbocycles. The van der Waals surface area contributed by atoms with Crippen LogP contribution in [0.3, 0.4) is 0 Å². The van der Waals surface area contributed by atoms with Crippen LogP contribution in [0.4, 0.5) is 5.69 Å². The molecule has 0 spiro atoms. The Kier molecular flexibility index (Phi) is 5.91. The van der Waals surface area contributed by atoms with Gasteiger partial charge in [0.05, 0.1) is 6.42 Å². The molecule has 0 saturated heterocycles. The van der Waals surface area contributed by atoms with Crippen molar-refractivity contribution in [1.82, 2.24) is 5.32 Å². The second-order valence-corrected chi connectivity index (χ2v) is 5.37. The number of thioether (sulfide) groups is 1. The highest BCUT2D eigenvalue weighted by molar-refractivity contribution is 7.99. The number of rotatable bonds is 6. The van der Waals surface area contributed by atoms with Gasteiger partial charge in [-0.1, -0.05) is 19.1 Å². The molecule has 1 aromatic rings. The third-order valence-electron chi connectivity index (χ3n) is 2.32. The fourth-order valence-corrected chi connectivity index (χ4v) is 2.16. The summed E-state index contributed by atoms with van der Waals surface area (Å²) in [5.74, 6) is 2.11. The van der Waals surface area contributed by atoms with E-state index >= 15 is 0 Å². The van der Waals surface area contributed by atoms with Crippen LogP contribution in [-0.2, 0) is 11.2 Å². The zero-order valence-corrected chi connectivity index (χ0v) is 11.2. The monoisotopic (exact) mass is 252 g/mol. The van der Waals surface area contributed by atoms with Crippen molar-refractivity contribution in [2.24, 2.45) is 0 Å². The number of carbonyl (C=O) groups is 1. The third-order valence-corrected chi connectivity index (χ3v) is 3.47. The average molecular weight is 252 g/mol. The number of nitrogen functional groups attached to an aromatic ring is 1. The predicted octanol–water partition coefficient (Wildman–Crippen LogP) is 2.07. The molecule has 1 unspecified atom stereocenters. The van der Waals surface area contributed by atoms with E-state index in [0.717, 1.165) is 22.8 Å². The summed E-state index contributed by atoms with van der Waals surface area (Å²) in [5.41, 5.74) is 7.31. The Hall–Kier alpha value is -1.16. The highest BCUT2D eigenvalue weighted by atomic mass is 32.2. The molecule has 0 aliphatic rings. The molecule has 94 valence electrons. The number of nitrogens with two attached hydrogens (primary N) is 1. The van der Waals surface area contributed by atoms with E-state index < -0.39 is 0 Å². The van der Waals surface area contributed by atoms with E-state index in [4.69, 9.17) is 5.73 Å². The molecule has 0 aliphatic heterocycles. The van der Waals surface area contributed by atoms with Gasteiger partial charge in [0, 0.05) is 17.5 Å². The van der Waals surface area contributed by atoms with E-state index in [1.165, 1.54) is 0 Å². The quantitative estimate of drug-likeness (QED) is 0.762. The number of hydrogen-bond donors (Lipinski definition) is 2. The Bertz CT molecular complexity index is 351. The summed E-state index contributed by atoms with van der Waals surface area (Å²) in [7, 11) is 0. The Morgan fingerprint density at radius 1 is 1.41 bits per heavy atom. The van der Waals surface area contributed by atoms with Gasteiger partial charge in [-0.05, 0) is 30.4 Å². The van der Waals surface area contributed by atoms with Gasteiger partial charge >= 0.3 is 0 Å². The summed E-state index contributed by atoms with van der Waals surface area (Å²) >= 11 is 1.84. The molecule has 0 radical (unpaired) electrons. The van der Waals surface area contributed by atoms with Gasteiger partial charge in [-0.3, -0.25) is 4.79 Å². The van der Waals surface area contributed by atoms with Crippen LogP contribution in [0.15, 0.2) is 24.3 Å². The minimum Gasteiger partial charge on any atom is -0.399 e. The highest BCUT2D eigenvalue weighted by Crippen LogP contribution is 2.06. The van der Waals surface area contributed by atoms with E-state index in [1.807, 2.05) is 43.0 Å². The molecule has 0 aliphatic carbocycles. The summed E-state index contributed by atoms with van der Waals surface area (Å²) in [4.78, 5) is 11.7. The van der Waals surface area contributed by atoms with Crippen LogP contribution < -0.4 is 11.1 Å². The first-order valence-electron chi connectivity index (χ1n) is 5.83. The maximum Gasteiger partial charge on any atom is 0.224 e. The molecule has 1 amide bonds. The Morgan fingerprint density at radius 2 is 2.06 bits per heavy atom. The molecule has 3 nitrogen and oxygen atoms in total. The number of amides is 1. The second-order valence-electron chi connectivity index (χ2n) is 4.05. The minimum absolute atomic E-state index is 0.0685. The Labute approximate surface area is 107 Å². The smallest absolute Gasteiger partial charge is 0.224 e. The van der Waals surface area contributed by atoms with E-state index in [9.17, 15) is 4.79 Å². The van der Waals surface area contributed by atoms with Crippen molar-refractivity contribution in [2.75, 3.05) is 17.2 Å². The first kappa shape index (κ1) is 13.9. The molecule has 4 heteroatoms. The topological polar surface area (TPSA) is 55.1 Å². The predicted molar refractivity (Wildman–Crippen MR) is 75.2 cm³/mol. The summed E-state index contributed by atoms with van der Waals surface area (Å²) in [5, 5.41) is 2.99. The van der Waals surface area contributed by atoms with Crippen molar-refractivity contribution >= 4 is 23.4 Å². The molecule has 17 heavy (non-hydrogen) atoms. The molecule has 0 fully saturated rings. The van der Waals surface area contributed by atoms with Crippen LogP contribution in [0.1, 0.15) is 19.4 Å². The van der Waals surface area contributed by atoms with Gasteiger partial charge in [0.2, 0.25) is 5.91 Å².